The van der Waals surface area contributed by atoms with Crippen molar-refractivity contribution in [1.29, 1.82) is 0 Å². The molecule has 4 heteroatoms. The fourth-order valence-corrected chi connectivity index (χ4v) is 2.10. The highest BCUT2D eigenvalue weighted by molar-refractivity contribution is 5.33. The van der Waals surface area contributed by atoms with Gasteiger partial charge in [0.15, 0.2) is 0 Å². The Balaban J connectivity index is 2.25. The molecule has 2 heterocycles. The van der Waals surface area contributed by atoms with Crippen LogP contribution in [0.2, 0.25) is 0 Å². The first-order chi connectivity index (χ1) is 9.60. The van der Waals surface area contributed by atoms with Gasteiger partial charge in [-0.15, -0.1) is 0 Å². The summed E-state index contributed by atoms with van der Waals surface area (Å²) in [6.45, 7) is 6.54. The van der Waals surface area contributed by atoms with E-state index in [1.165, 1.54) is 0 Å². The molecule has 0 spiro atoms. The maximum atomic E-state index is 10.5. The smallest absolute Gasteiger partial charge is 0.137 e. The highest BCUT2D eigenvalue weighted by Crippen LogP contribution is 2.25. The van der Waals surface area contributed by atoms with Crippen LogP contribution in [-0.2, 0) is 0 Å². The van der Waals surface area contributed by atoms with Crippen LogP contribution >= 0.6 is 0 Å². The van der Waals surface area contributed by atoms with Crippen molar-refractivity contribution in [2.24, 2.45) is 0 Å². The van der Waals surface area contributed by atoms with Gasteiger partial charge in [-0.3, -0.25) is 9.97 Å². The van der Waals surface area contributed by atoms with Crippen LogP contribution in [0.4, 0.5) is 0 Å². The van der Waals surface area contributed by atoms with E-state index in [4.69, 9.17) is 4.74 Å². The predicted octanol–water partition coefficient (Wildman–Crippen LogP) is 2.96. The molecular weight excluding hydrogens is 252 g/mol. The molecule has 0 aliphatic rings. The first kappa shape index (κ1) is 14.5. The van der Waals surface area contributed by atoms with Crippen molar-refractivity contribution in [3.63, 3.8) is 0 Å². The zero-order valence-corrected chi connectivity index (χ0v) is 12.1. The van der Waals surface area contributed by atoms with Crippen molar-refractivity contribution in [3.05, 3.63) is 53.1 Å². The molecule has 2 aromatic heterocycles. The fraction of sp³-hybridized carbons (Fsp3) is 0.375. The molecule has 0 saturated carbocycles. The van der Waals surface area contributed by atoms with Crippen LogP contribution in [0.5, 0.6) is 5.75 Å². The first-order valence-corrected chi connectivity index (χ1v) is 6.81. The Kier molecular flexibility index (Phi) is 4.69. The van der Waals surface area contributed by atoms with Crippen LogP contribution in [0.3, 0.4) is 0 Å². The molecule has 1 unspecified atom stereocenters. The van der Waals surface area contributed by atoms with Crippen molar-refractivity contribution in [1.82, 2.24) is 9.97 Å². The van der Waals surface area contributed by atoms with Gasteiger partial charge in [0.2, 0.25) is 0 Å². The summed E-state index contributed by atoms with van der Waals surface area (Å²) in [6.07, 6.45) is 3.55. The summed E-state index contributed by atoms with van der Waals surface area (Å²) in [7, 11) is 0. The minimum absolute atomic E-state index is 0.648. The van der Waals surface area contributed by atoms with Gasteiger partial charge in [-0.25, -0.2) is 0 Å². The van der Waals surface area contributed by atoms with E-state index in [2.05, 4.69) is 16.9 Å². The number of rotatable bonds is 5. The van der Waals surface area contributed by atoms with E-state index >= 15 is 0 Å². The van der Waals surface area contributed by atoms with E-state index in [0.717, 1.165) is 28.9 Å². The number of hydrogen-bond donors (Lipinski definition) is 1. The third-order valence-electron chi connectivity index (χ3n) is 2.94. The van der Waals surface area contributed by atoms with Crippen LogP contribution in [0.1, 0.15) is 42.0 Å². The SMILES string of the molecule is CCCOc1cncc(C(O)c2cc(C)nc(C)c2)c1. The highest BCUT2D eigenvalue weighted by atomic mass is 16.5. The summed E-state index contributed by atoms with van der Waals surface area (Å²) >= 11 is 0. The molecule has 0 amide bonds. The number of aromatic nitrogens is 2. The lowest BCUT2D eigenvalue weighted by Gasteiger charge is -2.13. The Bertz CT molecular complexity index is 564. The molecule has 106 valence electrons. The zero-order chi connectivity index (χ0) is 14.5. The van der Waals surface area contributed by atoms with Gasteiger partial charge in [0.1, 0.15) is 11.9 Å². The second-order valence-corrected chi connectivity index (χ2v) is 4.89. The Labute approximate surface area is 119 Å². The molecule has 2 rings (SSSR count). The van der Waals surface area contributed by atoms with Crippen LogP contribution in [0.25, 0.3) is 0 Å². The summed E-state index contributed by atoms with van der Waals surface area (Å²) in [6, 6.07) is 5.60. The Morgan fingerprint density at radius 1 is 1.10 bits per heavy atom. The number of hydrogen-bond acceptors (Lipinski definition) is 4. The van der Waals surface area contributed by atoms with E-state index < -0.39 is 6.10 Å². The van der Waals surface area contributed by atoms with Crippen molar-refractivity contribution >= 4 is 0 Å². The van der Waals surface area contributed by atoms with Crippen LogP contribution in [-0.4, -0.2) is 21.7 Å². The topological polar surface area (TPSA) is 55.2 Å². The number of aliphatic hydroxyl groups excluding tert-OH is 1. The average molecular weight is 272 g/mol. The summed E-state index contributed by atoms with van der Waals surface area (Å²) in [4.78, 5) is 8.45. The molecular formula is C16H20N2O2. The number of aryl methyl sites for hydroxylation is 2. The van der Waals surface area contributed by atoms with Crippen molar-refractivity contribution in [2.75, 3.05) is 6.61 Å². The second-order valence-electron chi connectivity index (χ2n) is 4.89. The van der Waals surface area contributed by atoms with Gasteiger partial charge in [-0.2, -0.15) is 0 Å². The van der Waals surface area contributed by atoms with Crippen LogP contribution < -0.4 is 4.74 Å². The molecule has 0 aromatic carbocycles. The first-order valence-electron chi connectivity index (χ1n) is 6.81. The number of pyridine rings is 2. The van der Waals surface area contributed by atoms with E-state index in [1.54, 1.807) is 12.4 Å². The van der Waals surface area contributed by atoms with Gasteiger partial charge in [0.25, 0.3) is 0 Å². The van der Waals surface area contributed by atoms with E-state index in [0.29, 0.717) is 12.4 Å². The molecule has 0 aliphatic heterocycles. The molecule has 0 saturated heterocycles. The lowest BCUT2D eigenvalue weighted by Crippen LogP contribution is -2.04. The summed E-state index contributed by atoms with van der Waals surface area (Å²) in [5.41, 5.74) is 3.34. The summed E-state index contributed by atoms with van der Waals surface area (Å²) < 4.78 is 5.54. The van der Waals surface area contributed by atoms with E-state index in [-0.39, 0.29) is 0 Å². The van der Waals surface area contributed by atoms with Gasteiger partial charge in [-0.1, -0.05) is 6.92 Å². The molecule has 0 fully saturated rings. The van der Waals surface area contributed by atoms with Crippen LogP contribution in [0.15, 0.2) is 30.6 Å². The lowest BCUT2D eigenvalue weighted by atomic mass is 10.0. The van der Waals surface area contributed by atoms with Gasteiger partial charge in [0.05, 0.1) is 12.8 Å². The van der Waals surface area contributed by atoms with Gasteiger partial charge < -0.3 is 9.84 Å². The monoisotopic (exact) mass is 272 g/mol. The number of aliphatic hydroxyl groups is 1. The van der Waals surface area contributed by atoms with Crippen LogP contribution in [0, 0.1) is 13.8 Å². The second kappa shape index (κ2) is 6.48. The number of nitrogens with zero attached hydrogens (tertiary/aromatic N) is 2. The molecule has 0 bridgehead atoms. The molecule has 4 nitrogen and oxygen atoms in total. The Hall–Kier alpha value is -1.94. The van der Waals surface area contributed by atoms with Gasteiger partial charge in [0, 0.05) is 23.1 Å². The van der Waals surface area contributed by atoms with Gasteiger partial charge >= 0.3 is 0 Å². The minimum Gasteiger partial charge on any atom is -0.492 e. The molecule has 20 heavy (non-hydrogen) atoms. The third kappa shape index (κ3) is 3.54. The average Bonchev–Trinajstić information content (AvgIpc) is 2.43. The normalized spacial score (nSPS) is 12.2. The molecule has 0 radical (unpaired) electrons. The third-order valence-corrected chi connectivity index (χ3v) is 2.94. The summed E-state index contributed by atoms with van der Waals surface area (Å²) in [5, 5.41) is 10.5. The Morgan fingerprint density at radius 3 is 2.45 bits per heavy atom. The number of ether oxygens (including phenoxy) is 1. The van der Waals surface area contributed by atoms with Gasteiger partial charge in [-0.05, 0) is 44.0 Å². The molecule has 0 aliphatic carbocycles. The standard InChI is InChI=1S/C16H20N2O2/c1-4-5-20-15-8-14(9-17-10-15)16(19)13-6-11(2)18-12(3)7-13/h6-10,16,19H,4-5H2,1-3H3. The van der Waals surface area contributed by atoms with E-state index in [9.17, 15) is 5.11 Å². The predicted molar refractivity (Wildman–Crippen MR) is 77.8 cm³/mol. The van der Waals surface area contributed by atoms with E-state index in [1.807, 2.05) is 32.0 Å². The largest absolute Gasteiger partial charge is 0.492 e. The van der Waals surface area contributed by atoms with Crippen molar-refractivity contribution < 1.29 is 9.84 Å². The maximum absolute atomic E-state index is 10.5. The minimum atomic E-state index is -0.715. The Morgan fingerprint density at radius 2 is 1.80 bits per heavy atom. The summed E-state index contributed by atoms with van der Waals surface area (Å²) in [5.74, 6) is 0.686. The lowest BCUT2D eigenvalue weighted by molar-refractivity contribution is 0.218. The molecule has 1 atom stereocenters. The highest BCUT2D eigenvalue weighted by Gasteiger charge is 2.13. The van der Waals surface area contributed by atoms with Crippen molar-refractivity contribution in [2.45, 2.75) is 33.3 Å². The molecule has 2 aromatic rings. The maximum Gasteiger partial charge on any atom is 0.137 e. The fourth-order valence-electron chi connectivity index (χ4n) is 2.10. The quantitative estimate of drug-likeness (QED) is 0.909. The molecule has 1 N–H and O–H groups in total. The zero-order valence-electron chi connectivity index (χ0n) is 12.1. The van der Waals surface area contributed by atoms with Crippen molar-refractivity contribution in [3.8, 4) is 5.75 Å².